The summed E-state index contributed by atoms with van der Waals surface area (Å²) >= 11 is 0. The van der Waals surface area contributed by atoms with Gasteiger partial charge in [-0.2, -0.15) is 0 Å². The molecule has 1 aromatic heterocycles. The van der Waals surface area contributed by atoms with E-state index in [1.807, 2.05) is 13.8 Å². The summed E-state index contributed by atoms with van der Waals surface area (Å²) < 4.78 is 5.49. The molecule has 1 fully saturated rings. The van der Waals surface area contributed by atoms with Crippen molar-refractivity contribution in [2.45, 2.75) is 45.1 Å². The van der Waals surface area contributed by atoms with Crippen molar-refractivity contribution >= 4 is 5.91 Å². The lowest BCUT2D eigenvalue weighted by Crippen LogP contribution is -2.28. The molecule has 0 aromatic carbocycles. The number of rotatable bonds is 5. The van der Waals surface area contributed by atoms with E-state index < -0.39 is 0 Å². The standard InChI is InChI=1S/C12H20N4O2/c1-8(2)10-14-11(16-15-10)12(17)13-6-5-9-4-3-7-18-9/h8-9H,3-7H2,1-2H3,(H,13,17)(H,14,15,16). The van der Waals surface area contributed by atoms with Crippen molar-refractivity contribution in [3.05, 3.63) is 11.6 Å². The van der Waals surface area contributed by atoms with Gasteiger partial charge in [-0.3, -0.25) is 9.89 Å². The number of ether oxygens (including phenoxy) is 1. The van der Waals surface area contributed by atoms with Gasteiger partial charge in [-0.25, -0.2) is 4.98 Å². The number of hydrogen-bond donors (Lipinski definition) is 2. The fourth-order valence-electron chi connectivity index (χ4n) is 1.93. The van der Waals surface area contributed by atoms with Crippen molar-refractivity contribution in [3.63, 3.8) is 0 Å². The summed E-state index contributed by atoms with van der Waals surface area (Å²) in [6.07, 6.45) is 3.36. The van der Waals surface area contributed by atoms with E-state index in [2.05, 4.69) is 20.5 Å². The fraction of sp³-hybridized carbons (Fsp3) is 0.750. The Kier molecular flexibility index (Phi) is 4.30. The van der Waals surface area contributed by atoms with E-state index in [4.69, 9.17) is 4.74 Å². The molecule has 1 saturated heterocycles. The maximum absolute atomic E-state index is 11.8. The Morgan fingerprint density at radius 3 is 3.06 bits per heavy atom. The summed E-state index contributed by atoms with van der Waals surface area (Å²) in [6.45, 7) is 5.45. The maximum atomic E-state index is 11.8. The number of amides is 1. The summed E-state index contributed by atoms with van der Waals surface area (Å²) in [6, 6.07) is 0. The second-order valence-electron chi connectivity index (χ2n) is 4.88. The third kappa shape index (κ3) is 3.29. The molecular weight excluding hydrogens is 232 g/mol. The second-order valence-corrected chi connectivity index (χ2v) is 4.88. The van der Waals surface area contributed by atoms with Gasteiger partial charge in [0, 0.05) is 19.1 Å². The van der Waals surface area contributed by atoms with Crippen LogP contribution in [0.25, 0.3) is 0 Å². The zero-order valence-corrected chi connectivity index (χ0v) is 10.9. The van der Waals surface area contributed by atoms with Crippen LogP contribution in [-0.4, -0.2) is 40.3 Å². The normalized spacial score (nSPS) is 19.4. The van der Waals surface area contributed by atoms with E-state index in [0.29, 0.717) is 12.6 Å². The lowest BCUT2D eigenvalue weighted by atomic mass is 10.2. The molecule has 1 aliphatic heterocycles. The number of carbonyl (C=O) groups excluding carboxylic acids is 1. The van der Waals surface area contributed by atoms with Crippen LogP contribution in [0.5, 0.6) is 0 Å². The number of hydrogen-bond acceptors (Lipinski definition) is 4. The first-order valence-electron chi connectivity index (χ1n) is 6.49. The number of nitrogens with zero attached hydrogens (tertiary/aromatic N) is 2. The Morgan fingerprint density at radius 1 is 1.61 bits per heavy atom. The van der Waals surface area contributed by atoms with Crippen molar-refractivity contribution in [1.29, 1.82) is 0 Å². The first-order chi connectivity index (χ1) is 8.66. The topological polar surface area (TPSA) is 79.9 Å². The van der Waals surface area contributed by atoms with Gasteiger partial charge in [-0.1, -0.05) is 13.8 Å². The number of nitrogens with one attached hydrogen (secondary N) is 2. The van der Waals surface area contributed by atoms with E-state index in [1.54, 1.807) is 0 Å². The monoisotopic (exact) mass is 252 g/mol. The second kappa shape index (κ2) is 5.95. The molecule has 6 nitrogen and oxygen atoms in total. The quantitative estimate of drug-likeness (QED) is 0.826. The van der Waals surface area contributed by atoms with Crippen molar-refractivity contribution in [3.8, 4) is 0 Å². The highest BCUT2D eigenvalue weighted by molar-refractivity contribution is 5.90. The van der Waals surface area contributed by atoms with E-state index >= 15 is 0 Å². The van der Waals surface area contributed by atoms with Gasteiger partial charge in [0.05, 0.1) is 6.10 Å². The molecule has 18 heavy (non-hydrogen) atoms. The highest BCUT2D eigenvalue weighted by atomic mass is 16.5. The van der Waals surface area contributed by atoms with Gasteiger partial charge in [0.15, 0.2) is 0 Å². The predicted octanol–water partition coefficient (Wildman–Crippen LogP) is 1.23. The average Bonchev–Trinajstić information content (AvgIpc) is 2.99. The minimum Gasteiger partial charge on any atom is -0.378 e. The van der Waals surface area contributed by atoms with Crippen LogP contribution in [0.1, 0.15) is 55.5 Å². The zero-order valence-electron chi connectivity index (χ0n) is 10.9. The summed E-state index contributed by atoms with van der Waals surface area (Å²) in [4.78, 5) is 15.9. The molecule has 2 N–H and O–H groups in total. The van der Waals surface area contributed by atoms with Crippen LogP contribution in [0.15, 0.2) is 0 Å². The van der Waals surface area contributed by atoms with Crippen LogP contribution in [0.4, 0.5) is 0 Å². The van der Waals surface area contributed by atoms with Crippen molar-refractivity contribution in [2.75, 3.05) is 13.2 Å². The van der Waals surface area contributed by atoms with Crippen LogP contribution in [-0.2, 0) is 4.74 Å². The molecule has 1 amide bonds. The smallest absolute Gasteiger partial charge is 0.290 e. The average molecular weight is 252 g/mol. The molecule has 2 rings (SSSR count). The van der Waals surface area contributed by atoms with Gasteiger partial charge in [-0.15, -0.1) is 5.10 Å². The van der Waals surface area contributed by atoms with Gasteiger partial charge >= 0.3 is 0 Å². The molecule has 0 aliphatic carbocycles. The van der Waals surface area contributed by atoms with E-state index in [1.165, 1.54) is 0 Å². The first-order valence-corrected chi connectivity index (χ1v) is 6.49. The van der Waals surface area contributed by atoms with Gasteiger partial charge in [-0.05, 0) is 19.3 Å². The molecule has 6 heteroatoms. The van der Waals surface area contributed by atoms with Crippen molar-refractivity contribution < 1.29 is 9.53 Å². The molecular formula is C12H20N4O2. The van der Waals surface area contributed by atoms with Gasteiger partial charge in [0.25, 0.3) is 5.91 Å². The highest BCUT2D eigenvalue weighted by Gasteiger charge is 2.17. The van der Waals surface area contributed by atoms with E-state index in [-0.39, 0.29) is 17.6 Å². The molecule has 0 spiro atoms. The molecule has 1 atom stereocenters. The van der Waals surface area contributed by atoms with Crippen LogP contribution in [0.3, 0.4) is 0 Å². The Bertz CT molecular complexity index is 397. The Morgan fingerprint density at radius 2 is 2.44 bits per heavy atom. The lowest BCUT2D eigenvalue weighted by Gasteiger charge is -2.08. The van der Waals surface area contributed by atoms with Crippen LogP contribution >= 0.6 is 0 Å². The largest absolute Gasteiger partial charge is 0.378 e. The molecule has 1 unspecified atom stereocenters. The Labute approximate surface area is 107 Å². The number of carbonyl (C=O) groups is 1. The van der Waals surface area contributed by atoms with E-state index in [0.717, 1.165) is 31.7 Å². The Hall–Kier alpha value is -1.43. The molecule has 0 saturated carbocycles. The first kappa shape index (κ1) is 13.0. The van der Waals surface area contributed by atoms with Crippen molar-refractivity contribution in [2.24, 2.45) is 0 Å². The summed E-state index contributed by atoms with van der Waals surface area (Å²) in [5.41, 5.74) is 0. The third-order valence-corrected chi connectivity index (χ3v) is 3.03. The summed E-state index contributed by atoms with van der Waals surface area (Å²) in [5.74, 6) is 0.965. The van der Waals surface area contributed by atoms with Crippen LogP contribution < -0.4 is 5.32 Å². The number of H-pyrrole nitrogens is 1. The third-order valence-electron chi connectivity index (χ3n) is 3.03. The molecule has 0 bridgehead atoms. The van der Waals surface area contributed by atoms with Gasteiger partial charge < -0.3 is 10.1 Å². The molecule has 1 aromatic rings. The molecule has 2 heterocycles. The molecule has 100 valence electrons. The minimum absolute atomic E-state index is 0.214. The lowest BCUT2D eigenvalue weighted by molar-refractivity contribution is 0.0899. The maximum Gasteiger partial charge on any atom is 0.290 e. The van der Waals surface area contributed by atoms with Crippen LogP contribution in [0.2, 0.25) is 0 Å². The fourth-order valence-corrected chi connectivity index (χ4v) is 1.93. The predicted molar refractivity (Wildman–Crippen MR) is 66.4 cm³/mol. The minimum atomic E-state index is -0.226. The van der Waals surface area contributed by atoms with Crippen molar-refractivity contribution in [1.82, 2.24) is 20.5 Å². The highest BCUT2D eigenvalue weighted by Crippen LogP contribution is 2.14. The van der Waals surface area contributed by atoms with Crippen LogP contribution in [0, 0.1) is 0 Å². The van der Waals surface area contributed by atoms with Gasteiger partial charge in [0.2, 0.25) is 5.82 Å². The Balaban J connectivity index is 1.76. The van der Waals surface area contributed by atoms with E-state index in [9.17, 15) is 4.79 Å². The number of aromatic amines is 1. The molecule has 0 radical (unpaired) electrons. The SMILES string of the molecule is CC(C)c1nc(C(=O)NCCC2CCCO2)n[nH]1. The number of aromatic nitrogens is 3. The summed E-state index contributed by atoms with van der Waals surface area (Å²) in [5, 5.41) is 9.49. The summed E-state index contributed by atoms with van der Waals surface area (Å²) in [7, 11) is 0. The molecule has 1 aliphatic rings. The zero-order chi connectivity index (χ0) is 13.0. The van der Waals surface area contributed by atoms with Gasteiger partial charge in [0.1, 0.15) is 5.82 Å².